The van der Waals surface area contributed by atoms with Crippen molar-refractivity contribution in [1.82, 2.24) is 4.90 Å². The molecule has 1 saturated heterocycles. The van der Waals surface area contributed by atoms with Crippen molar-refractivity contribution in [2.45, 2.75) is 66.0 Å². The van der Waals surface area contributed by atoms with Crippen LogP contribution < -0.4 is 0 Å². The van der Waals surface area contributed by atoms with Gasteiger partial charge in [0.2, 0.25) is 0 Å². The molecule has 1 aliphatic rings. The van der Waals surface area contributed by atoms with E-state index in [2.05, 4.69) is 53.5 Å². The predicted molar refractivity (Wildman–Crippen MR) is 74.3 cm³/mol. The SMILES string of the molecule is CN1CCCC1C(COC(C)(C)C)C(C)(C)C. The Morgan fingerprint density at radius 2 is 1.76 bits per heavy atom. The van der Waals surface area contributed by atoms with Crippen LogP contribution in [0.5, 0.6) is 0 Å². The molecule has 1 fully saturated rings. The van der Waals surface area contributed by atoms with Gasteiger partial charge in [0.15, 0.2) is 0 Å². The molecule has 0 amide bonds. The topological polar surface area (TPSA) is 12.5 Å². The van der Waals surface area contributed by atoms with E-state index in [1.54, 1.807) is 0 Å². The highest BCUT2D eigenvalue weighted by molar-refractivity contribution is 4.89. The number of nitrogens with zero attached hydrogens (tertiary/aromatic N) is 1. The minimum absolute atomic E-state index is 0.0271. The zero-order chi connectivity index (χ0) is 13.3. The van der Waals surface area contributed by atoms with Gasteiger partial charge in [-0.15, -0.1) is 0 Å². The Morgan fingerprint density at radius 3 is 2.12 bits per heavy atom. The molecule has 0 aromatic heterocycles. The lowest BCUT2D eigenvalue weighted by atomic mass is 9.76. The zero-order valence-electron chi connectivity index (χ0n) is 12.8. The van der Waals surface area contributed by atoms with Gasteiger partial charge in [-0.1, -0.05) is 20.8 Å². The number of likely N-dealkylation sites (tertiary alicyclic amines) is 1. The lowest BCUT2D eigenvalue weighted by molar-refractivity contribution is -0.0581. The Morgan fingerprint density at radius 1 is 1.18 bits per heavy atom. The molecule has 0 spiro atoms. The maximum Gasteiger partial charge on any atom is 0.0598 e. The van der Waals surface area contributed by atoms with Gasteiger partial charge in [-0.3, -0.25) is 0 Å². The van der Waals surface area contributed by atoms with E-state index in [0.717, 1.165) is 6.61 Å². The molecule has 0 N–H and O–H groups in total. The molecule has 1 heterocycles. The highest BCUT2D eigenvalue weighted by atomic mass is 16.5. The maximum absolute atomic E-state index is 6.05. The van der Waals surface area contributed by atoms with Crippen LogP contribution in [0.2, 0.25) is 0 Å². The highest BCUT2D eigenvalue weighted by Gasteiger charge is 2.37. The first kappa shape index (κ1) is 15.0. The molecule has 102 valence electrons. The third kappa shape index (κ3) is 4.59. The first-order valence-electron chi connectivity index (χ1n) is 6.95. The lowest BCUT2D eigenvalue weighted by Crippen LogP contribution is -2.43. The van der Waals surface area contributed by atoms with Gasteiger partial charge < -0.3 is 9.64 Å². The van der Waals surface area contributed by atoms with Crippen LogP contribution in [0.15, 0.2) is 0 Å². The van der Waals surface area contributed by atoms with Crippen molar-refractivity contribution in [3.63, 3.8) is 0 Å². The van der Waals surface area contributed by atoms with Gasteiger partial charge in [0.05, 0.1) is 12.2 Å². The van der Waals surface area contributed by atoms with Crippen molar-refractivity contribution in [2.24, 2.45) is 11.3 Å². The van der Waals surface area contributed by atoms with Gasteiger partial charge in [0.1, 0.15) is 0 Å². The molecule has 0 saturated carbocycles. The number of rotatable bonds is 3. The smallest absolute Gasteiger partial charge is 0.0598 e. The van der Waals surface area contributed by atoms with Crippen molar-refractivity contribution in [3.8, 4) is 0 Å². The van der Waals surface area contributed by atoms with Gasteiger partial charge in [-0.05, 0) is 52.6 Å². The molecular weight excluding hydrogens is 210 g/mol. The molecular formula is C15H31NO. The average molecular weight is 241 g/mol. The lowest BCUT2D eigenvalue weighted by Gasteiger charge is -2.39. The minimum atomic E-state index is -0.0271. The Bertz CT molecular complexity index is 236. The third-order valence-electron chi connectivity index (χ3n) is 3.85. The summed E-state index contributed by atoms with van der Waals surface area (Å²) >= 11 is 0. The van der Waals surface area contributed by atoms with E-state index < -0.39 is 0 Å². The second-order valence-electron chi connectivity index (χ2n) is 7.59. The fraction of sp³-hybridized carbons (Fsp3) is 1.00. The highest BCUT2D eigenvalue weighted by Crippen LogP contribution is 2.36. The summed E-state index contributed by atoms with van der Waals surface area (Å²) in [6.45, 7) is 15.6. The summed E-state index contributed by atoms with van der Waals surface area (Å²) in [7, 11) is 2.26. The summed E-state index contributed by atoms with van der Waals surface area (Å²) in [5.74, 6) is 0.620. The summed E-state index contributed by atoms with van der Waals surface area (Å²) < 4.78 is 6.05. The molecule has 0 bridgehead atoms. The summed E-state index contributed by atoms with van der Waals surface area (Å²) in [6.07, 6.45) is 2.66. The minimum Gasteiger partial charge on any atom is -0.375 e. The molecule has 2 heteroatoms. The van der Waals surface area contributed by atoms with E-state index in [-0.39, 0.29) is 5.60 Å². The Balaban J connectivity index is 2.68. The zero-order valence-corrected chi connectivity index (χ0v) is 12.8. The molecule has 1 rings (SSSR count). The standard InChI is InChI=1S/C15H31NO/c1-14(2,3)12(11-17-15(4,5)6)13-9-8-10-16(13)7/h12-13H,8-11H2,1-7H3. The number of hydrogen-bond acceptors (Lipinski definition) is 2. The van der Waals surface area contributed by atoms with E-state index in [4.69, 9.17) is 4.74 Å². The molecule has 0 aliphatic carbocycles. The van der Waals surface area contributed by atoms with Crippen LogP contribution in [0.25, 0.3) is 0 Å². The Kier molecular flexibility index (Phi) is 4.65. The van der Waals surface area contributed by atoms with Gasteiger partial charge in [0.25, 0.3) is 0 Å². The van der Waals surface area contributed by atoms with Crippen LogP contribution in [-0.4, -0.2) is 36.7 Å². The van der Waals surface area contributed by atoms with Gasteiger partial charge in [-0.2, -0.15) is 0 Å². The first-order chi connectivity index (χ1) is 7.61. The van der Waals surface area contributed by atoms with Crippen LogP contribution in [-0.2, 0) is 4.74 Å². The number of hydrogen-bond donors (Lipinski definition) is 0. The molecule has 2 atom stereocenters. The summed E-state index contributed by atoms with van der Waals surface area (Å²) in [5.41, 5.74) is 0.287. The maximum atomic E-state index is 6.05. The molecule has 0 aromatic carbocycles. The Hall–Kier alpha value is -0.0800. The summed E-state index contributed by atoms with van der Waals surface area (Å²) in [6, 6.07) is 0.692. The summed E-state index contributed by atoms with van der Waals surface area (Å²) in [5, 5.41) is 0. The fourth-order valence-corrected chi connectivity index (χ4v) is 2.72. The van der Waals surface area contributed by atoms with E-state index in [1.807, 2.05) is 0 Å². The van der Waals surface area contributed by atoms with E-state index >= 15 is 0 Å². The van der Waals surface area contributed by atoms with Crippen molar-refractivity contribution in [3.05, 3.63) is 0 Å². The van der Waals surface area contributed by atoms with E-state index in [9.17, 15) is 0 Å². The normalized spacial score (nSPS) is 25.2. The van der Waals surface area contributed by atoms with Crippen LogP contribution >= 0.6 is 0 Å². The third-order valence-corrected chi connectivity index (χ3v) is 3.85. The van der Waals surface area contributed by atoms with E-state index in [1.165, 1.54) is 19.4 Å². The molecule has 17 heavy (non-hydrogen) atoms. The van der Waals surface area contributed by atoms with Crippen molar-refractivity contribution < 1.29 is 4.74 Å². The molecule has 0 aromatic rings. The largest absolute Gasteiger partial charge is 0.375 e. The fourth-order valence-electron chi connectivity index (χ4n) is 2.72. The van der Waals surface area contributed by atoms with E-state index in [0.29, 0.717) is 17.4 Å². The van der Waals surface area contributed by atoms with Crippen LogP contribution in [0.1, 0.15) is 54.4 Å². The molecule has 0 radical (unpaired) electrons. The molecule has 1 aliphatic heterocycles. The van der Waals surface area contributed by atoms with Gasteiger partial charge >= 0.3 is 0 Å². The average Bonchev–Trinajstić information content (AvgIpc) is 2.48. The number of ether oxygens (including phenoxy) is 1. The summed E-state index contributed by atoms with van der Waals surface area (Å²) in [4.78, 5) is 2.52. The van der Waals surface area contributed by atoms with Crippen molar-refractivity contribution in [2.75, 3.05) is 20.2 Å². The predicted octanol–water partition coefficient (Wildman–Crippen LogP) is 3.56. The first-order valence-corrected chi connectivity index (χ1v) is 6.95. The van der Waals surface area contributed by atoms with Crippen LogP contribution in [0, 0.1) is 11.3 Å². The Labute approximate surface area is 108 Å². The van der Waals surface area contributed by atoms with Crippen LogP contribution in [0.3, 0.4) is 0 Å². The van der Waals surface area contributed by atoms with Gasteiger partial charge in [0, 0.05) is 12.0 Å². The monoisotopic (exact) mass is 241 g/mol. The second kappa shape index (κ2) is 5.27. The van der Waals surface area contributed by atoms with Crippen molar-refractivity contribution in [1.29, 1.82) is 0 Å². The molecule has 2 nitrogen and oxygen atoms in total. The quantitative estimate of drug-likeness (QED) is 0.749. The van der Waals surface area contributed by atoms with Crippen molar-refractivity contribution >= 4 is 0 Å². The second-order valence-corrected chi connectivity index (χ2v) is 7.59. The molecule has 2 unspecified atom stereocenters. The van der Waals surface area contributed by atoms with Crippen LogP contribution in [0.4, 0.5) is 0 Å². The van der Waals surface area contributed by atoms with Gasteiger partial charge in [-0.25, -0.2) is 0 Å².